The lowest BCUT2D eigenvalue weighted by atomic mass is 10.2. The van der Waals surface area contributed by atoms with Crippen LogP contribution in [0.3, 0.4) is 0 Å². The maximum absolute atomic E-state index is 13.3. The first-order valence-electron chi connectivity index (χ1n) is 4.76. The zero-order valence-electron chi connectivity index (χ0n) is 8.60. The second-order valence-electron chi connectivity index (χ2n) is 3.47. The number of rotatable bonds is 3. The van der Waals surface area contributed by atoms with Crippen molar-refractivity contribution in [3.05, 3.63) is 53.4 Å². The highest BCUT2D eigenvalue weighted by Gasteiger charge is 2.08. The van der Waals surface area contributed by atoms with Crippen LogP contribution in [0.1, 0.15) is 15.9 Å². The van der Waals surface area contributed by atoms with Gasteiger partial charge in [0, 0.05) is 11.8 Å². The number of aromatic nitrogens is 2. The van der Waals surface area contributed by atoms with Gasteiger partial charge in [0.15, 0.2) is 0 Å². The van der Waals surface area contributed by atoms with Crippen LogP contribution in [0.5, 0.6) is 0 Å². The highest BCUT2D eigenvalue weighted by atomic mass is 19.1. The maximum atomic E-state index is 13.3. The van der Waals surface area contributed by atoms with E-state index in [0.717, 1.165) is 24.4 Å². The van der Waals surface area contributed by atoms with E-state index in [-0.39, 0.29) is 17.7 Å². The Morgan fingerprint density at radius 3 is 2.82 bits per heavy atom. The van der Waals surface area contributed by atoms with Crippen LogP contribution in [-0.4, -0.2) is 20.9 Å². The summed E-state index contributed by atoms with van der Waals surface area (Å²) in [4.78, 5) is 10.6. The van der Waals surface area contributed by atoms with Crippen molar-refractivity contribution < 1.29 is 18.7 Å². The molecule has 1 aromatic heterocycles. The van der Waals surface area contributed by atoms with Crippen molar-refractivity contribution in [2.75, 3.05) is 0 Å². The fourth-order valence-corrected chi connectivity index (χ4v) is 1.40. The molecule has 2 rings (SSSR count). The first-order valence-corrected chi connectivity index (χ1v) is 4.76. The number of halogens is 2. The van der Waals surface area contributed by atoms with E-state index < -0.39 is 17.6 Å². The first kappa shape index (κ1) is 11.3. The average molecular weight is 238 g/mol. The van der Waals surface area contributed by atoms with Gasteiger partial charge < -0.3 is 5.11 Å². The molecular formula is C11H8F2N2O2. The molecular weight excluding hydrogens is 230 g/mol. The average Bonchev–Trinajstić information content (AvgIpc) is 2.72. The maximum Gasteiger partial charge on any atom is 0.338 e. The standard InChI is InChI=1S/C11H8F2N2O2/c12-9-1-2-10(13)7(3-9)5-15-6-8(4-14-15)11(16)17/h1-4,6H,5H2,(H,16,17). The third-order valence-corrected chi connectivity index (χ3v) is 2.22. The molecule has 0 unspecified atom stereocenters. The van der Waals surface area contributed by atoms with Crippen molar-refractivity contribution in [3.8, 4) is 0 Å². The predicted octanol–water partition coefficient (Wildman–Crippen LogP) is 1.91. The summed E-state index contributed by atoms with van der Waals surface area (Å²) < 4.78 is 27.4. The molecule has 88 valence electrons. The van der Waals surface area contributed by atoms with Crippen LogP contribution in [0, 0.1) is 11.6 Å². The van der Waals surface area contributed by atoms with Crippen LogP contribution >= 0.6 is 0 Å². The molecule has 0 saturated carbocycles. The lowest BCUT2D eigenvalue weighted by Crippen LogP contribution is -2.03. The van der Waals surface area contributed by atoms with Gasteiger partial charge in [0.1, 0.15) is 11.6 Å². The highest BCUT2D eigenvalue weighted by molar-refractivity contribution is 5.86. The largest absolute Gasteiger partial charge is 0.478 e. The van der Waals surface area contributed by atoms with E-state index in [2.05, 4.69) is 5.10 Å². The van der Waals surface area contributed by atoms with Crippen molar-refractivity contribution >= 4 is 5.97 Å². The number of carbonyl (C=O) groups is 1. The topological polar surface area (TPSA) is 55.1 Å². The predicted molar refractivity (Wildman–Crippen MR) is 54.6 cm³/mol. The van der Waals surface area contributed by atoms with Gasteiger partial charge in [-0.15, -0.1) is 0 Å². The fourth-order valence-electron chi connectivity index (χ4n) is 1.40. The Labute approximate surface area is 95.1 Å². The van der Waals surface area contributed by atoms with Gasteiger partial charge in [-0.1, -0.05) is 0 Å². The number of carboxylic acids is 1. The van der Waals surface area contributed by atoms with Crippen LogP contribution in [0.15, 0.2) is 30.6 Å². The van der Waals surface area contributed by atoms with E-state index in [1.165, 1.54) is 10.9 Å². The SMILES string of the molecule is O=C(O)c1cnn(Cc2cc(F)ccc2F)c1. The Bertz CT molecular complexity index is 566. The van der Waals surface area contributed by atoms with E-state index in [1.54, 1.807) is 0 Å². The van der Waals surface area contributed by atoms with Gasteiger partial charge in [-0.25, -0.2) is 13.6 Å². The van der Waals surface area contributed by atoms with Gasteiger partial charge in [0.05, 0.1) is 18.3 Å². The van der Waals surface area contributed by atoms with Gasteiger partial charge in [-0.2, -0.15) is 5.10 Å². The lowest BCUT2D eigenvalue weighted by molar-refractivity contribution is 0.0697. The third-order valence-electron chi connectivity index (χ3n) is 2.22. The van der Waals surface area contributed by atoms with Gasteiger partial charge in [0.2, 0.25) is 0 Å². The van der Waals surface area contributed by atoms with Crippen LogP contribution in [-0.2, 0) is 6.54 Å². The quantitative estimate of drug-likeness (QED) is 0.888. The second kappa shape index (κ2) is 4.32. The molecule has 0 aliphatic rings. The van der Waals surface area contributed by atoms with E-state index in [4.69, 9.17) is 5.11 Å². The molecule has 1 N–H and O–H groups in total. The second-order valence-corrected chi connectivity index (χ2v) is 3.47. The molecule has 0 aliphatic carbocycles. The minimum Gasteiger partial charge on any atom is -0.478 e. The number of benzene rings is 1. The third kappa shape index (κ3) is 2.47. The summed E-state index contributed by atoms with van der Waals surface area (Å²) in [5, 5.41) is 12.4. The summed E-state index contributed by atoms with van der Waals surface area (Å²) in [7, 11) is 0. The Morgan fingerprint density at radius 1 is 1.41 bits per heavy atom. The Morgan fingerprint density at radius 2 is 2.18 bits per heavy atom. The Balaban J connectivity index is 2.25. The number of carboxylic acid groups (broad SMARTS) is 1. The van der Waals surface area contributed by atoms with Gasteiger partial charge in [-0.05, 0) is 18.2 Å². The highest BCUT2D eigenvalue weighted by Crippen LogP contribution is 2.11. The molecule has 1 aromatic carbocycles. The zero-order chi connectivity index (χ0) is 12.4. The van der Waals surface area contributed by atoms with E-state index in [0.29, 0.717) is 0 Å². The Kier molecular flexibility index (Phi) is 2.86. The Hall–Kier alpha value is -2.24. The fraction of sp³-hybridized carbons (Fsp3) is 0.0909. The summed E-state index contributed by atoms with van der Waals surface area (Å²) in [6.45, 7) is -0.0170. The molecule has 0 saturated heterocycles. The molecule has 0 radical (unpaired) electrons. The van der Waals surface area contributed by atoms with Crippen molar-refractivity contribution in [3.63, 3.8) is 0 Å². The van der Waals surface area contributed by atoms with Crippen molar-refractivity contribution in [1.29, 1.82) is 0 Å². The number of hydrogen-bond donors (Lipinski definition) is 1. The van der Waals surface area contributed by atoms with Crippen LogP contribution in [0.4, 0.5) is 8.78 Å². The summed E-state index contributed by atoms with van der Waals surface area (Å²) in [5.41, 5.74) is 0.117. The van der Waals surface area contributed by atoms with Gasteiger partial charge in [0.25, 0.3) is 0 Å². The molecule has 0 amide bonds. The molecule has 17 heavy (non-hydrogen) atoms. The summed E-state index contributed by atoms with van der Waals surface area (Å²) >= 11 is 0. The lowest BCUT2D eigenvalue weighted by Gasteiger charge is -2.03. The van der Waals surface area contributed by atoms with Crippen LogP contribution < -0.4 is 0 Å². The minimum absolute atomic E-state index is 0.00168. The van der Waals surface area contributed by atoms with Crippen molar-refractivity contribution in [2.24, 2.45) is 0 Å². The summed E-state index contributed by atoms with van der Waals surface area (Å²) in [5.74, 6) is -2.22. The van der Waals surface area contributed by atoms with E-state index >= 15 is 0 Å². The molecule has 2 aromatic rings. The first-order chi connectivity index (χ1) is 8.06. The molecule has 1 heterocycles. The van der Waals surface area contributed by atoms with Crippen LogP contribution in [0.2, 0.25) is 0 Å². The molecule has 0 spiro atoms. The normalized spacial score (nSPS) is 10.5. The zero-order valence-corrected chi connectivity index (χ0v) is 8.60. The number of aromatic carboxylic acids is 1. The monoisotopic (exact) mass is 238 g/mol. The molecule has 0 fully saturated rings. The summed E-state index contributed by atoms with van der Waals surface area (Å²) in [6.07, 6.45) is 2.41. The van der Waals surface area contributed by atoms with Crippen molar-refractivity contribution in [2.45, 2.75) is 6.54 Å². The van der Waals surface area contributed by atoms with Crippen molar-refractivity contribution in [1.82, 2.24) is 9.78 Å². The molecule has 4 nitrogen and oxygen atoms in total. The molecule has 0 bridgehead atoms. The summed E-state index contributed by atoms with van der Waals surface area (Å²) in [6, 6.07) is 3.09. The molecule has 0 aliphatic heterocycles. The molecule has 0 atom stereocenters. The van der Waals surface area contributed by atoms with Gasteiger partial charge in [-0.3, -0.25) is 4.68 Å². The van der Waals surface area contributed by atoms with E-state index in [9.17, 15) is 13.6 Å². The molecule has 6 heteroatoms. The van der Waals surface area contributed by atoms with Crippen LogP contribution in [0.25, 0.3) is 0 Å². The van der Waals surface area contributed by atoms with Gasteiger partial charge >= 0.3 is 5.97 Å². The minimum atomic E-state index is -1.11. The van der Waals surface area contributed by atoms with E-state index in [1.807, 2.05) is 0 Å². The number of hydrogen-bond acceptors (Lipinski definition) is 2. The smallest absolute Gasteiger partial charge is 0.338 e. The number of nitrogens with zero attached hydrogens (tertiary/aromatic N) is 2.